The Bertz CT molecular complexity index is 611. The topological polar surface area (TPSA) is 46.5 Å². The number of benzene rings is 2. The van der Waals surface area contributed by atoms with Gasteiger partial charge in [-0.15, -0.1) is 0 Å². The second-order valence-electron chi connectivity index (χ2n) is 4.70. The van der Waals surface area contributed by atoms with Crippen molar-refractivity contribution in [3.63, 3.8) is 0 Å². The first-order chi connectivity index (χ1) is 10.1. The van der Waals surface area contributed by atoms with E-state index in [0.29, 0.717) is 13.0 Å². The van der Waals surface area contributed by atoms with Crippen LogP contribution in [0.3, 0.4) is 0 Å². The lowest BCUT2D eigenvalue weighted by atomic mass is 9.92. The Morgan fingerprint density at radius 3 is 2.52 bits per heavy atom. The third-order valence-electron chi connectivity index (χ3n) is 3.24. The summed E-state index contributed by atoms with van der Waals surface area (Å²) < 4.78 is 6.31. The van der Waals surface area contributed by atoms with Crippen LogP contribution in [0, 0.1) is 0 Å². The van der Waals surface area contributed by atoms with E-state index >= 15 is 0 Å². The van der Waals surface area contributed by atoms with Crippen molar-refractivity contribution in [3.05, 3.63) is 64.1 Å². The molecule has 0 saturated carbocycles. The number of carboxylic acids is 1. The second-order valence-corrected chi connectivity index (χ2v) is 5.56. The average molecular weight is 349 g/mol. The van der Waals surface area contributed by atoms with E-state index < -0.39 is 11.9 Å². The molecule has 0 aliphatic carbocycles. The number of ether oxygens (including phenoxy) is 1. The lowest BCUT2D eigenvalue weighted by molar-refractivity contribution is -0.138. The summed E-state index contributed by atoms with van der Waals surface area (Å²) in [5, 5.41) is 9.46. The summed E-state index contributed by atoms with van der Waals surface area (Å²) in [5.74, 6) is -0.588. The van der Waals surface area contributed by atoms with Crippen LogP contribution in [0.2, 0.25) is 0 Å². The number of rotatable bonds is 6. The summed E-state index contributed by atoms with van der Waals surface area (Å²) in [5.41, 5.74) is 1.77. The van der Waals surface area contributed by atoms with Crippen LogP contribution in [0.5, 0.6) is 5.75 Å². The van der Waals surface area contributed by atoms with Gasteiger partial charge in [0, 0.05) is 0 Å². The van der Waals surface area contributed by atoms with Gasteiger partial charge in [0.15, 0.2) is 0 Å². The average Bonchev–Trinajstić information content (AvgIpc) is 2.48. The molecule has 0 spiro atoms. The highest BCUT2D eigenvalue weighted by atomic mass is 79.9. The van der Waals surface area contributed by atoms with Crippen molar-refractivity contribution in [1.29, 1.82) is 0 Å². The summed E-state index contributed by atoms with van der Waals surface area (Å²) in [6.07, 6.45) is 0.449. The van der Waals surface area contributed by atoms with Gasteiger partial charge in [0.25, 0.3) is 0 Å². The molecule has 0 fully saturated rings. The zero-order chi connectivity index (χ0) is 15.2. The molecule has 21 heavy (non-hydrogen) atoms. The van der Waals surface area contributed by atoms with E-state index in [0.717, 1.165) is 21.3 Å². The van der Waals surface area contributed by atoms with Crippen LogP contribution < -0.4 is 4.74 Å². The normalized spacial score (nSPS) is 11.9. The van der Waals surface area contributed by atoms with E-state index in [2.05, 4.69) is 15.9 Å². The van der Waals surface area contributed by atoms with Gasteiger partial charge in [0.1, 0.15) is 5.75 Å². The minimum absolute atomic E-state index is 0.449. The molecule has 0 radical (unpaired) electrons. The van der Waals surface area contributed by atoms with Crippen molar-refractivity contribution in [1.82, 2.24) is 0 Å². The lowest BCUT2D eigenvalue weighted by Crippen LogP contribution is -2.14. The molecule has 0 amide bonds. The van der Waals surface area contributed by atoms with Crippen molar-refractivity contribution < 1.29 is 14.6 Å². The van der Waals surface area contributed by atoms with E-state index in [4.69, 9.17) is 4.74 Å². The summed E-state index contributed by atoms with van der Waals surface area (Å²) in [6, 6.07) is 15.0. The van der Waals surface area contributed by atoms with Crippen LogP contribution in [-0.4, -0.2) is 17.7 Å². The fourth-order valence-electron chi connectivity index (χ4n) is 2.21. The molecule has 2 aromatic carbocycles. The zero-order valence-corrected chi connectivity index (χ0v) is 13.3. The van der Waals surface area contributed by atoms with Crippen molar-refractivity contribution in [3.8, 4) is 5.75 Å². The molecular weight excluding hydrogens is 332 g/mol. The Kier molecular flexibility index (Phi) is 5.39. The van der Waals surface area contributed by atoms with Gasteiger partial charge in [0.2, 0.25) is 0 Å². The molecule has 1 atom stereocenters. The monoisotopic (exact) mass is 348 g/mol. The zero-order valence-electron chi connectivity index (χ0n) is 11.8. The number of hydrogen-bond acceptors (Lipinski definition) is 2. The van der Waals surface area contributed by atoms with Gasteiger partial charge in [-0.2, -0.15) is 0 Å². The van der Waals surface area contributed by atoms with Gasteiger partial charge in [-0.25, -0.2) is 0 Å². The highest BCUT2D eigenvalue weighted by Crippen LogP contribution is 2.29. The fraction of sp³-hybridized carbons (Fsp3) is 0.235. The third kappa shape index (κ3) is 4.08. The standard InChI is InChI=1S/C17H17BrO3/c1-2-21-16-9-8-12(11-15(16)18)10-14(17(19)20)13-6-4-3-5-7-13/h3-9,11,14H,2,10H2,1H3,(H,19,20). The Morgan fingerprint density at radius 2 is 1.95 bits per heavy atom. The Labute approximate surface area is 132 Å². The molecule has 0 aliphatic rings. The van der Waals surface area contributed by atoms with Gasteiger partial charge in [-0.3, -0.25) is 4.79 Å². The molecule has 110 valence electrons. The molecular formula is C17H17BrO3. The molecule has 4 heteroatoms. The van der Waals surface area contributed by atoms with Crippen molar-refractivity contribution in [2.24, 2.45) is 0 Å². The first-order valence-electron chi connectivity index (χ1n) is 6.80. The fourth-order valence-corrected chi connectivity index (χ4v) is 2.75. The molecule has 0 aromatic heterocycles. The Balaban J connectivity index is 2.22. The maximum Gasteiger partial charge on any atom is 0.311 e. The van der Waals surface area contributed by atoms with E-state index in [-0.39, 0.29) is 0 Å². The molecule has 2 rings (SSSR count). The van der Waals surface area contributed by atoms with Crippen LogP contribution in [0.15, 0.2) is 53.0 Å². The summed E-state index contributed by atoms with van der Waals surface area (Å²) in [6.45, 7) is 2.52. The maximum atomic E-state index is 11.5. The van der Waals surface area contributed by atoms with Gasteiger partial charge < -0.3 is 9.84 Å². The van der Waals surface area contributed by atoms with Crippen molar-refractivity contribution in [2.45, 2.75) is 19.3 Å². The Hall–Kier alpha value is -1.81. The van der Waals surface area contributed by atoms with Gasteiger partial charge in [-0.1, -0.05) is 36.4 Å². The van der Waals surface area contributed by atoms with Gasteiger partial charge in [-0.05, 0) is 52.5 Å². The molecule has 0 heterocycles. The highest BCUT2D eigenvalue weighted by Gasteiger charge is 2.20. The molecule has 2 aromatic rings. The van der Waals surface area contributed by atoms with E-state index in [9.17, 15) is 9.90 Å². The number of halogens is 1. The smallest absolute Gasteiger partial charge is 0.311 e. The second kappa shape index (κ2) is 7.27. The summed E-state index contributed by atoms with van der Waals surface area (Å²) in [7, 11) is 0. The van der Waals surface area contributed by atoms with Gasteiger partial charge in [0.05, 0.1) is 17.0 Å². The first-order valence-corrected chi connectivity index (χ1v) is 7.60. The van der Waals surface area contributed by atoms with E-state index in [1.54, 1.807) is 0 Å². The number of hydrogen-bond donors (Lipinski definition) is 1. The number of aliphatic carboxylic acids is 1. The van der Waals surface area contributed by atoms with Crippen molar-refractivity contribution >= 4 is 21.9 Å². The molecule has 1 unspecified atom stereocenters. The minimum atomic E-state index is -0.814. The Morgan fingerprint density at radius 1 is 1.24 bits per heavy atom. The molecule has 3 nitrogen and oxygen atoms in total. The minimum Gasteiger partial charge on any atom is -0.493 e. The summed E-state index contributed by atoms with van der Waals surface area (Å²) in [4.78, 5) is 11.5. The molecule has 0 bridgehead atoms. The maximum absolute atomic E-state index is 11.5. The van der Waals surface area contributed by atoms with Crippen LogP contribution in [0.1, 0.15) is 24.0 Å². The van der Waals surface area contributed by atoms with Crippen LogP contribution in [-0.2, 0) is 11.2 Å². The number of carboxylic acid groups (broad SMARTS) is 1. The van der Waals surface area contributed by atoms with Crippen LogP contribution >= 0.6 is 15.9 Å². The first kappa shape index (κ1) is 15.6. The predicted molar refractivity (Wildman–Crippen MR) is 85.8 cm³/mol. The third-order valence-corrected chi connectivity index (χ3v) is 3.86. The van der Waals surface area contributed by atoms with E-state index in [1.807, 2.05) is 55.5 Å². The highest BCUT2D eigenvalue weighted by molar-refractivity contribution is 9.10. The number of carbonyl (C=O) groups is 1. The summed E-state index contributed by atoms with van der Waals surface area (Å²) >= 11 is 3.46. The van der Waals surface area contributed by atoms with Crippen LogP contribution in [0.4, 0.5) is 0 Å². The predicted octanol–water partition coefficient (Wildman–Crippen LogP) is 4.26. The SMILES string of the molecule is CCOc1ccc(CC(C(=O)O)c2ccccc2)cc1Br. The van der Waals surface area contributed by atoms with E-state index in [1.165, 1.54) is 0 Å². The molecule has 0 saturated heterocycles. The molecule has 1 N–H and O–H groups in total. The van der Waals surface area contributed by atoms with Crippen LogP contribution in [0.25, 0.3) is 0 Å². The quantitative estimate of drug-likeness (QED) is 0.848. The molecule has 0 aliphatic heterocycles. The van der Waals surface area contributed by atoms with Crippen molar-refractivity contribution in [2.75, 3.05) is 6.61 Å². The lowest BCUT2D eigenvalue weighted by Gasteiger charge is -2.14. The van der Waals surface area contributed by atoms with Gasteiger partial charge >= 0.3 is 5.97 Å². The largest absolute Gasteiger partial charge is 0.493 e.